The lowest BCUT2D eigenvalue weighted by atomic mass is 9.99. The van der Waals surface area contributed by atoms with E-state index in [1.807, 2.05) is 0 Å². The first-order chi connectivity index (χ1) is 20.1. The van der Waals surface area contributed by atoms with Crippen molar-refractivity contribution in [2.24, 2.45) is 0 Å². The third kappa shape index (κ3) is 4.94. The van der Waals surface area contributed by atoms with Crippen LogP contribution < -0.4 is 19.6 Å². The van der Waals surface area contributed by atoms with Crippen LogP contribution in [0.5, 0.6) is 23.0 Å². The molecule has 1 aromatic heterocycles. The highest BCUT2D eigenvalue weighted by Crippen LogP contribution is 2.39. The number of aromatic hydroxyl groups is 1. The second-order valence-electron chi connectivity index (χ2n) is 10.2. The molecule has 0 aliphatic carbocycles. The summed E-state index contributed by atoms with van der Waals surface area (Å²) < 4.78 is 38.3. The first-order valence-corrected chi connectivity index (χ1v) is 12.9. The molecule has 7 N–H and O–H groups in total. The first kappa shape index (κ1) is 28.6. The summed E-state index contributed by atoms with van der Waals surface area (Å²) in [5.41, 5.74) is -2.20. The van der Waals surface area contributed by atoms with Crippen molar-refractivity contribution in [2.45, 2.75) is 48.7 Å². The van der Waals surface area contributed by atoms with Crippen molar-refractivity contribution in [1.82, 2.24) is 0 Å². The minimum atomic E-state index is -1.93. The van der Waals surface area contributed by atoms with E-state index in [0.717, 1.165) is 0 Å². The summed E-state index contributed by atoms with van der Waals surface area (Å²) in [6.45, 7) is -1.60. The molecule has 4 heterocycles. The molecule has 3 aliphatic heterocycles. The maximum Gasteiger partial charge on any atom is 0.235 e. The normalized spacial score (nSPS) is 32.4. The molecule has 8 atom stereocenters. The smallest absolute Gasteiger partial charge is 0.235 e. The predicted octanol–water partition coefficient (Wildman–Crippen LogP) is -1.46. The fraction of sp³-hybridized carbons (Fsp3) is 0.444. The summed E-state index contributed by atoms with van der Waals surface area (Å²) in [7, 11) is 0. The highest BCUT2D eigenvalue weighted by molar-refractivity contribution is 5.83. The summed E-state index contributed by atoms with van der Waals surface area (Å²) in [4.78, 5) is 13.1. The number of aliphatic hydroxyl groups is 6. The summed E-state index contributed by atoms with van der Waals surface area (Å²) in [5, 5.41) is 71.4. The Morgan fingerprint density at radius 3 is 2.50 bits per heavy atom. The Morgan fingerprint density at radius 1 is 0.952 bits per heavy atom. The molecule has 0 bridgehead atoms. The third-order valence-electron chi connectivity index (χ3n) is 7.40. The zero-order chi connectivity index (χ0) is 29.8. The van der Waals surface area contributed by atoms with E-state index in [0.29, 0.717) is 17.1 Å². The number of hydrogen-bond acceptors (Lipinski definition) is 15. The quantitative estimate of drug-likeness (QED) is 0.166. The molecule has 3 aliphatic rings. The molecule has 2 fully saturated rings. The first-order valence-electron chi connectivity index (χ1n) is 12.9. The van der Waals surface area contributed by atoms with Crippen LogP contribution in [0.15, 0.2) is 45.6 Å². The molecular formula is C27H28O15. The van der Waals surface area contributed by atoms with Gasteiger partial charge in [0.05, 0.1) is 25.2 Å². The number of benzene rings is 2. The van der Waals surface area contributed by atoms with Crippen molar-refractivity contribution >= 4 is 11.0 Å². The van der Waals surface area contributed by atoms with Gasteiger partial charge in [0, 0.05) is 5.56 Å². The lowest BCUT2D eigenvalue weighted by Crippen LogP contribution is -2.60. The van der Waals surface area contributed by atoms with Gasteiger partial charge < -0.3 is 68.6 Å². The van der Waals surface area contributed by atoms with Crippen LogP contribution in [0.3, 0.4) is 0 Å². The van der Waals surface area contributed by atoms with Gasteiger partial charge in [-0.1, -0.05) is 0 Å². The van der Waals surface area contributed by atoms with Gasteiger partial charge in [-0.15, -0.1) is 0 Å². The maximum atomic E-state index is 13.1. The second-order valence-corrected chi connectivity index (χ2v) is 10.2. The predicted molar refractivity (Wildman–Crippen MR) is 137 cm³/mol. The van der Waals surface area contributed by atoms with Crippen molar-refractivity contribution in [3.05, 3.63) is 46.6 Å². The fourth-order valence-electron chi connectivity index (χ4n) is 4.88. The Hall–Kier alpha value is -3.51. The molecule has 2 saturated heterocycles. The van der Waals surface area contributed by atoms with Crippen LogP contribution in [0.4, 0.5) is 0 Å². The van der Waals surface area contributed by atoms with Crippen LogP contribution in [-0.2, 0) is 14.2 Å². The monoisotopic (exact) mass is 592 g/mol. The molecule has 2 aromatic carbocycles. The molecule has 0 unspecified atom stereocenters. The van der Waals surface area contributed by atoms with Gasteiger partial charge in [0.25, 0.3) is 0 Å². The number of hydrogen-bond donors (Lipinski definition) is 7. The van der Waals surface area contributed by atoms with Crippen molar-refractivity contribution in [3.8, 4) is 34.3 Å². The number of aliphatic hydroxyl groups excluding tert-OH is 5. The fourth-order valence-corrected chi connectivity index (χ4v) is 4.88. The highest BCUT2D eigenvalue weighted by atomic mass is 16.7. The molecule has 0 spiro atoms. The van der Waals surface area contributed by atoms with E-state index in [4.69, 9.17) is 32.8 Å². The van der Waals surface area contributed by atoms with Gasteiger partial charge in [-0.2, -0.15) is 0 Å². The highest BCUT2D eigenvalue weighted by Gasteiger charge is 2.50. The van der Waals surface area contributed by atoms with E-state index >= 15 is 0 Å². The Balaban J connectivity index is 1.19. The van der Waals surface area contributed by atoms with Crippen LogP contribution >= 0.6 is 0 Å². The van der Waals surface area contributed by atoms with Gasteiger partial charge in [-0.05, 0) is 36.4 Å². The molecule has 3 aromatic rings. The van der Waals surface area contributed by atoms with Crippen LogP contribution in [0.1, 0.15) is 0 Å². The topological polar surface area (TPSA) is 227 Å². The Labute approximate surface area is 236 Å². The van der Waals surface area contributed by atoms with Gasteiger partial charge in [0.2, 0.25) is 24.3 Å². The Kier molecular flexibility index (Phi) is 7.46. The molecule has 15 nitrogen and oxygen atoms in total. The van der Waals surface area contributed by atoms with Crippen molar-refractivity contribution < 1.29 is 68.6 Å². The lowest BCUT2D eigenvalue weighted by molar-refractivity contribution is -0.289. The zero-order valence-electron chi connectivity index (χ0n) is 21.7. The molecule has 0 radical (unpaired) electrons. The lowest BCUT2D eigenvalue weighted by Gasteiger charge is -2.40. The molecule has 15 heteroatoms. The second kappa shape index (κ2) is 11.0. The van der Waals surface area contributed by atoms with Crippen LogP contribution in [0.2, 0.25) is 0 Å². The summed E-state index contributed by atoms with van der Waals surface area (Å²) in [6, 6.07) is 8.85. The van der Waals surface area contributed by atoms with Gasteiger partial charge >= 0.3 is 0 Å². The molecule has 0 amide bonds. The van der Waals surface area contributed by atoms with Crippen molar-refractivity contribution in [1.29, 1.82) is 0 Å². The van der Waals surface area contributed by atoms with E-state index in [1.54, 1.807) is 18.2 Å². The standard InChI is InChI=1S/C27H28O15/c28-8-27(35)9-37-26(24(27)34)36-7-17-19(30)20(31)22(33)25(42-17)40-12-2-4-14-13(6-12)18(29)21(32)23(41-14)11-1-3-15-16(5-11)39-10-38-15/h1-6,17,19-20,22,24-26,28,30-35H,7-10H2/t17-,19-,20+,22-,24-,25-,26-,27+/m1/s1. The van der Waals surface area contributed by atoms with Gasteiger partial charge in [0.15, 0.2) is 23.5 Å². The van der Waals surface area contributed by atoms with Gasteiger partial charge in [-0.25, -0.2) is 0 Å². The van der Waals surface area contributed by atoms with E-state index in [-0.39, 0.29) is 29.3 Å². The zero-order valence-corrected chi connectivity index (χ0v) is 21.7. The van der Waals surface area contributed by atoms with Crippen LogP contribution in [0.25, 0.3) is 22.3 Å². The SMILES string of the molecule is O=c1c(O)c(-c2ccc3c(c2)OCO3)oc2ccc(O[C@@H]3O[C@H](CO[C@@H]4OC[C@@](O)(CO)[C@@H]4O)[C@@H](O)[C@H](O)[C@H]3O)cc12. The summed E-state index contributed by atoms with van der Waals surface area (Å²) >= 11 is 0. The van der Waals surface area contributed by atoms with Crippen molar-refractivity contribution in [3.63, 3.8) is 0 Å². The average Bonchev–Trinajstić information content (AvgIpc) is 3.58. The van der Waals surface area contributed by atoms with E-state index in [9.17, 15) is 40.5 Å². The molecule has 0 saturated carbocycles. The van der Waals surface area contributed by atoms with Gasteiger partial charge in [0.1, 0.15) is 47.5 Å². The third-order valence-corrected chi connectivity index (χ3v) is 7.40. The molecule has 42 heavy (non-hydrogen) atoms. The number of ether oxygens (including phenoxy) is 6. The average molecular weight is 593 g/mol. The maximum absolute atomic E-state index is 13.1. The summed E-state index contributed by atoms with van der Waals surface area (Å²) in [6.07, 6.45) is -10.9. The van der Waals surface area contributed by atoms with Gasteiger partial charge in [-0.3, -0.25) is 4.79 Å². The molecule has 226 valence electrons. The number of fused-ring (bicyclic) bond motifs is 2. The van der Waals surface area contributed by atoms with Crippen LogP contribution in [-0.4, -0.2) is 111 Å². The van der Waals surface area contributed by atoms with E-state index in [1.165, 1.54) is 18.2 Å². The summed E-state index contributed by atoms with van der Waals surface area (Å²) in [5.74, 6) is 0.200. The van der Waals surface area contributed by atoms with E-state index < -0.39 is 79.7 Å². The molecule has 6 rings (SSSR count). The number of rotatable bonds is 7. The van der Waals surface area contributed by atoms with E-state index in [2.05, 4.69) is 0 Å². The Bertz CT molecular complexity index is 1520. The minimum Gasteiger partial charge on any atom is -0.502 e. The van der Waals surface area contributed by atoms with Crippen LogP contribution in [0, 0.1) is 0 Å². The van der Waals surface area contributed by atoms with Crippen molar-refractivity contribution in [2.75, 3.05) is 26.6 Å². The largest absolute Gasteiger partial charge is 0.502 e. The molecular weight excluding hydrogens is 564 g/mol. The minimum absolute atomic E-state index is 0.0000962. The Morgan fingerprint density at radius 2 is 1.74 bits per heavy atom.